The van der Waals surface area contributed by atoms with Crippen LogP contribution in [0.25, 0.3) is 11.3 Å². The highest BCUT2D eigenvalue weighted by Crippen LogP contribution is 2.25. The maximum Gasteiger partial charge on any atom is 0.243 e. The van der Waals surface area contributed by atoms with Crippen molar-refractivity contribution in [3.8, 4) is 11.3 Å². The Morgan fingerprint density at radius 1 is 1.31 bits per heavy atom. The van der Waals surface area contributed by atoms with E-state index < -0.39 is 0 Å². The second-order valence-corrected chi connectivity index (χ2v) is 6.96. The summed E-state index contributed by atoms with van der Waals surface area (Å²) >= 11 is 1.43. The van der Waals surface area contributed by atoms with Crippen LogP contribution in [-0.4, -0.2) is 35.9 Å². The Kier molecular flexibility index (Phi) is 7.56. The number of halogens is 1. The standard InChI is InChI=1S/C18H22N4O2S.ClH/c1-12(23)19-10-8-13-4-6-14(7-5-13)16-11-25-18(21-16)22-17(24)15-3-2-9-20-15;/h4-7,11,15,20H,2-3,8-10H2,1H3,(H,19,23)(H,21,22,24);1H. The summed E-state index contributed by atoms with van der Waals surface area (Å²) in [5.74, 6) is -0.0202. The van der Waals surface area contributed by atoms with Crippen LogP contribution in [0.3, 0.4) is 0 Å². The highest BCUT2D eigenvalue weighted by molar-refractivity contribution is 7.14. The van der Waals surface area contributed by atoms with Crippen molar-refractivity contribution in [1.29, 1.82) is 0 Å². The van der Waals surface area contributed by atoms with Crippen molar-refractivity contribution in [2.45, 2.75) is 32.2 Å². The van der Waals surface area contributed by atoms with Crippen LogP contribution in [-0.2, 0) is 16.0 Å². The molecular weight excluding hydrogens is 372 g/mol. The second kappa shape index (κ2) is 9.66. The summed E-state index contributed by atoms with van der Waals surface area (Å²) in [6.45, 7) is 3.05. The minimum Gasteiger partial charge on any atom is -0.356 e. The predicted octanol–water partition coefficient (Wildman–Crippen LogP) is 2.60. The van der Waals surface area contributed by atoms with E-state index in [0.29, 0.717) is 11.7 Å². The molecule has 1 unspecified atom stereocenters. The van der Waals surface area contributed by atoms with Crippen LogP contribution >= 0.6 is 23.7 Å². The SMILES string of the molecule is CC(=O)NCCc1ccc(-c2csc(NC(=O)C3CCCN3)n2)cc1.Cl. The molecule has 8 heteroatoms. The molecule has 2 amide bonds. The quantitative estimate of drug-likeness (QED) is 0.703. The zero-order valence-electron chi connectivity index (χ0n) is 14.6. The third-order valence-electron chi connectivity index (χ3n) is 4.15. The first-order valence-electron chi connectivity index (χ1n) is 8.45. The predicted molar refractivity (Wildman–Crippen MR) is 107 cm³/mol. The van der Waals surface area contributed by atoms with Gasteiger partial charge in [0.15, 0.2) is 5.13 Å². The van der Waals surface area contributed by atoms with Gasteiger partial charge in [-0.15, -0.1) is 23.7 Å². The van der Waals surface area contributed by atoms with Crippen molar-refractivity contribution in [1.82, 2.24) is 15.6 Å². The van der Waals surface area contributed by atoms with E-state index in [1.165, 1.54) is 18.3 Å². The van der Waals surface area contributed by atoms with E-state index in [1.807, 2.05) is 29.6 Å². The van der Waals surface area contributed by atoms with E-state index in [2.05, 4.69) is 20.9 Å². The average Bonchev–Trinajstić information content (AvgIpc) is 3.27. The topological polar surface area (TPSA) is 83.1 Å². The fourth-order valence-corrected chi connectivity index (χ4v) is 3.51. The van der Waals surface area contributed by atoms with Gasteiger partial charge in [-0.05, 0) is 31.4 Å². The van der Waals surface area contributed by atoms with Gasteiger partial charge in [0.05, 0.1) is 11.7 Å². The third-order valence-corrected chi connectivity index (χ3v) is 4.91. The first-order chi connectivity index (χ1) is 12.1. The number of rotatable bonds is 6. The molecule has 26 heavy (non-hydrogen) atoms. The van der Waals surface area contributed by atoms with Crippen LogP contribution < -0.4 is 16.0 Å². The lowest BCUT2D eigenvalue weighted by Gasteiger charge is -2.08. The monoisotopic (exact) mass is 394 g/mol. The van der Waals surface area contributed by atoms with Gasteiger partial charge in [-0.25, -0.2) is 4.98 Å². The molecule has 1 aromatic heterocycles. The number of carbonyl (C=O) groups is 2. The fraction of sp³-hybridized carbons (Fsp3) is 0.389. The Bertz CT molecular complexity index is 742. The first-order valence-corrected chi connectivity index (χ1v) is 9.33. The van der Waals surface area contributed by atoms with Gasteiger partial charge in [0.25, 0.3) is 0 Å². The van der Waals surface area contributed by atoms with E-state index in [1.54, 1.807) is 0 Å². The van der Waals surface area contributed by atoms with Gasteiger partial charge in [0.2, 0.25) is 11.8 Å². The van der Waals surface area contributed by atoms with Crippen molar-refractivity contribution in [2.24, 2.45) is 0 Å². The molecule has 1 saturated heterocycles. The highest BCUT2D eigenvalue weighted by Gasteiger charge is 2.22. The summed E-state index contributed by atoms with van der Waals surface area (Å²) in [5, 5.41) is 11.4. The number of hydrogen-bond donors (Lipinski definition) is 3. The maximum atomic E-state index is 12.1. The normalized spacial score (nSPS) is 16.0. The van der Waals surface area contributed by atoms with Crippen LogP contribution in [0.15, 0.2) is 29.6 Å². The van der Waals surface area contributed by atoms with E-state index in [-0.39, 0.29) is 30.3 Å². The molecule has 1 fully saturated rings. The molecule has 3 N–H and O–H groups in total. The zero-order chi connectivity index (χ0) is 17.6. The lowest BCUT2D eigenvalue weighted by atomic mass is 10.1. The summed E-state index contributed by atoms with van der Waals surface area (Å²) in [6, 6.07) is 8.01. The number of benzene rings is 1. The molecule has 140 valence electrons. The lowest BCUT2D eigenvalue weighted by molar-refractivity contribution is -0.119. The molecule has 1 aliphatic heterocycles. The molecule has 0 saturated carbocycles. The number of anilines is 1. The van der Waals surface area contributed by atoms with Crippen molar-refractivity contribution < 1.29 is 9.59 Å². The summed E-state index contributed by atoms with van der Waals surface area (Å²) in [4.78, 5) is 27.5. The van der Waals surface area contributed by atoms with Gasteiger partial charge in [0.1, 0.15) is 0 Å². The second-order valence-electron chi connectivity index (χ2n) is 6.11. The van der Waals surface area contributed by atoms with E-state index in [9.17, 15) is 9.59 Å². The minimum absolute atomic E-state index is 0. The van der Waals surface area contributed by atoms with Crippen LogP contribution in [0.5, 0.6) is 0 Å². The lowest BCUT2D eigenvalue weighted by Crippen LogP contribution is -2.35. The van der Waals surface area contributed by atoms with Crippen LogP contribution in [0.4, 0.5) is 5.13 Å². The number of nitrogens with one attached hydrogen (secondary N) is 3. The molecule has 3 rings (SSSR count). The molecule has 0 spiro atoms. The molecule has 1 aliphatic rings. The fourth-order valence-electron chi connectivity index (χ4n) is 2.79. The summed E-state index contributed by atoms with van der Waals surface area (Å²) in [5.41, 5.74) is 3.03. The minimum atomic E-state index is -0.102. The van der Waals surface area contributed by atoms with E-state index in [4.69, 9.17) is 0 Å². The van der Waals surface area contributed by atoms with Crippen molar-refractivity contribution >= 4 is 40.7 Å². The number of carbonyl (C=O) groups excluding carboxylic acids is 2. The number of hydrogen-bond acceptors (Lipinski definition) is 5. The molecule has 2 heterocycles. The van der Waals surface area contributed by atoms with E-state index in [0.717, 1.165) is 42.6 Å². The van der Waals surface area contributed by atoms with Crippen LogP contribution in [0.2, 0.25) is 0 Å². The van der Waals surface area contributed by atoms with Crippen LogP contribution in [0, 0.1) is 0 Å². The van der Waals surface area contributed by atoms with Gasteiger partial charge in [-0.1, -0.05) is 24.3 Å². The largest absolute Gasteiger partial charge is 0.356 e. The first kappa shape index (κ1) is 20.4. The number of aromatic nitrogens is 1. The number of thiazole rings is 1. The average molecular weight is 395 g/mol. The molecule has 0 bridgehead atoms. The molecule has 2 aromatic rings. The molecule has 0 aliphatic carbocycles. The van der Waals surface area contributed by atoms with Crippen molar-refractivity contribution in [2.75, 3.05) is 18.4 Å². The van der Waals surface area contributed by atoms with Crippen LogP contribution in [0.1, 0.15) is 25.3 Å². The summed E-state index contributed by atoms with van der Waals surface area (Å²) in [7, 11) is 0. The van der Waals surface area contributed by atoms with Gasteiger partial charge in [-0.3, -0.25) is 9.59 Å². The number of amides is 2. The Balaban J connectivity index is 0.00000243. The third kappa shape index (κ3) is 5.52. The van der Waals surface area contributed by atoms with Gasteiger partial charge in [0, 0.05) is 24.4 Å². The summed E-state index contributed by atoms with van der Waals surface area (Å²) in [6.07, 6.45) is 2.71. The Morgan fingerprint density at radius 2 is 2.08 bits per heavy atom. The number of nitrogens with zero attached hydrogens (tertiary/aromatic N) is 1. The molecular formula is C18H23ClN4O2S. The van der Waals surface area contributed by atoms with Gasteiger partial charge >= 0.3 is 0 Å². The molecule has 1 atom stereocenters. The van der Waals surface area contributed by atoms with Crippen molar-refractivity contribution in [3.63, 3.8) is 0 Å². The molecule has 0 radical (unpaired) electrons. The van der Waals surface area contributed by atoms with Gasteiger partial charge in [-0.2, -0.15) is 0 Å². The smallest absolute Gasteiger partial charge is 0.243 e. The summed E-state index contributed by atoms with van der Waals surface area (Å²) < 4.78 is 0. The Labute approximate surface area is 163 Å². The Morgan fingerprint density at radius 3 is 2.73 bits per heavy atom. The molecule has 6 nitrogen and oxygen atoms in total. The zero-order valence-corrected chi connectivity index (χ0v) is 16.2. The van der Waals surface area contributed by atoms with Crippen molar-refractivity contribution in [3.05, 3.63) is 35.2 Å². The maximum absolute atomic E-state index is 12.1. The van der Waals surface area contributed by atoms with Gasteiger partial charge < -0.3 is 16.0 Å². The molecule has 1 aromatic carbocycles. The van der Waals surface area contributed by atoms with E-state index >= 15 is 0 Å². The Hall–Kier alpha value is -1.96. The highest BCUT2D eigenvalue weighted by atomic mass is 35.5.